The maximum atomic E-state index is 12.6. The first-order chi connectivity index (χ1) is 14.3. The van der Waals surface area contributed by atoms with E-state index in [1.54, 1.807) is 13.8 Å². The van der Waals surface area contributed by atoms with Crippen molar-refractivity contribution in [3.63, 3.8) is 0 Å². The van der Waals surface area contributed by atoms with Crippen LogP contribution in [0.5, 0.6) is 0 Å². The van der Waals surface area contributed by atoms with E-state index >= 15 is 0 Å². The standard InChI is InChI=1S/C24H26BrNO4/c1-14(11-16-12-18-5-3-4-6-19(18)13-16)21(27)22(28)23(29)24(30)26-15(2)17-7-9-20(25)10-8-17/h3-11,15-16,22-23,28-29H,12-13H2,1-2H3,(H,26,30)/t15-,22-,23+/m0/s1. The summed E-state index contributed by atoms with van der Waals surface area (Å²) in [6.45, 7) is 3.38. The number of fused-ring (bicyclic) bond motifs is 1. The lowest BCUT2D eigenvalue weighted by atomic mass is 9.97. The molecular formula is C24H26BrNO4. The molecule has 3 atom stereocenters. The summed E-state index contributed by atoms with van der Waals surface area (Å²) in [5.74, 6) is -1.25. The number of carbonyl (C=O) groups is 2. The first-order valence-electron chi connectivity index (χ1n) is 9.97. The summed E-state index contributed by atoms with van der Waals surface area (Å²) in [6.07, 6.45) is -0.128. The van der Waals surface area contributed by atoms with Crippen LogP contribution in [0.4, 0.5) is 0 Å². The second-order valence-electron chi connectivity index (χ2n) is 7.82. The molecule has 1 amide bonds. The highest BCUT2D eigenvalue weighted by Gasteiger charge is 2.32. The molecule has 3 rings (SSSR count). The van der Waals surface area contributed by atoms with Crippen molar-refractivity contribution in [3.05, 3.63) is 81.3 Å². The van der Waals surface area contributed by atoms with Crippen molar-refractivity contribution in [1.82, 2.24) is 5.32 Å². The van der Waals surface area contributed by atoms with Gasteiger partial charge < -0.3 is 15.5 Å². The van der Waals surface area contributed by atoms with Crippen LogP contribution in [0.25, 0.3) is 0 Å². The Labute approximate surface area is 185 Å². The lowest BCUT2D eigenvalue weighted by Gasteiger charge is -2.20. The second kappa shape index (κ2) is 9.69. The Bertz CT molecular complexity index is 929. The van der Waals surface area contributed by atoms with E-state index in [-0.39, 0.29) is 12.0 Å². The van der Waals surface area contributed by atoms with E-state index in [2.05, 4.69) is 33.4 Å². The topological polar surface area (TPSA) is 86.6 Å². The van der Waals surface area contributed by atoms with E-state index in [0.29, 0.717) is 5.57 Å². The minimum Gasteiger partial charge on any atom is -0.382 e. The minimum absolute atomic E-state index is 0.168. The number of benzene rings is 2. The number of hydrogen-bond acceptors (Lipinski definition) is 4. The third-order valence-electron chi connectivity index (χ3n) is 5.52. The van der Waals surface area contributed by atoms with Gasteiger partial charge >= 0.3 is 0 Å². The molecule has 0 bridgehead atoms. The highest BCUT2D eigenvalue weighted by Crippen LogP contribution is 2.28. The van der Waals surface area contributed by atoms with Crippen LogP contribution in [-0.4, -0.2) is 34.1 Å². The zero-order valence-corrected chi connectivity index (χ0v) is 18.6. The van der Waals surface area contributed by atoms with Crippen molar-refractivity contribution in [2.24, 2.45) is 5.92 Å². The summed E-state index contributed by atoms with van der Waals surface area (Å²) >= 11 is 3.35. The van der Waals surface area contributed by atoms with Gasteiger partial charge in [0, 0.05) is 4.47 Å². The van der Waals surface area contributed by atoms with Crippen molar-refractivity contribution < 1.29 is 19.8 Å². The Morgan fingerprint density at radius 2 is 1.60 bits per heavy atom. The van der Waals surface area contributed by atoms with Crippen molar-refractivity contribution in [2.75, 3.05) is 0 Å². The van der Waals surface area contributed by atoms with E-state index in [1.807, 2.05) is 42.5 Å². The number of rotatable bonds is 7. The summed E-state index contributed by atoms with van der Waals surface area (Å²) in [5.41, 5.74) is 3.73. The van der Waals surface area contributed by atoms with Gasteiger partial charge in [-0.05, 0) is 67.0 Å². The Morgan fingerprint density at radius 3 is 2.17 bits per heavy atom. The fourth-order valence-corrected chi connectivity index (χ4v) is 4.06. The highest BCUT2D eigenvalue weighted by molar-refractivity contribution is 9.10. The second-order valence-corrected chi connectivity index (χ2v) is 8.74. The van der Waals surface area contributed by atoms with E-state index < -0.39 is 23.9 Å². The summed E-state index contributed by atoms with van der Waals surface area (Å²) in [5, 5.41) is 23.2. The van der Waals surface area contributed by atoms with Gasteiger partial charge in [0.05, 0.1) is 6.04 Å². The zero-order valence-electron chi connectivity index (χ0n) is 17.0. The molecule has 0 saturated heterocycles. The predicted molar refractivity (Wildman–Crippen MR) is 119 cm³/mol. The number of halogens is 1. The molecule has 0 radical (unpaired) electrons. The average Bonchev–Trinajstić information content (AvgIpc) is 3.14. The Kier molecular flexibility index (Phi) is 7.23. The summed E-state index contributed by atoms with van der Waals surface area (Å²) in [4.78, 5) is 24.9. The van der Waals surface area contributed by atoms with Gasteiger partial charge in [-0.15, -0.1) is 0 Å². The summed E-state index contributed by atoms with van der Waals surface area (Å²) in [7, 11) is 0. The Morgan fingerprint density at radius 1 is 1.03 bits per heavy atom. The van der Waals surface area contributed by atoms with Crippen LogP contribution in [0.2, 0.25) is 0 Å². The van der Waals surface area contributed by atoms with Crippen molar-refractivity contribution >= 4 is 27.6 Å². The zero-order chi connectivity index (χ0) is 21.8. The fraction of sp³-hybridized carbons (Fsp3) is 0.333. The molecule has 2 aromatic rings. The maximum absolute atomic E-state index is 12.6. The number of hydrogen-bond donors (Lipinski definition) is 3. The molecule has 0 saturated carbocycles. The molecule has 0 heterocycles. The quantitative estimate of drug-likeness (QED) is 0.540. The van der Waals surface area contributed by atoms with Crippen LogP contribution in [0, 0.1) is 5.92 Å². The molecule has 1 aliphatic rings. The molecule has 3 N–H and O–H groups in total. The third kappa shape index (κ3) is 5.25. The molecule has 0 fully saturated rings. The van der Waals surface area contributed by atoms with Gasteiger partial charge in [-0.25, -0.2) is 0 Å². The Balaban J connectivity index is 1.59. The van der Waals surface area contributed by atoms with Crippen molar-refractivity contribution in [2.45, 2.75) is 44.9 Å². The number of amides is 1. The largest absolute Gasteiger partial charge is 0.382 e. The Hall–Kier alpha value is -2.28. The van der Waals surface area contributed by atoms with Gasteiger partial charge in [-0.3, -0.25) is 9.59 Å². The number of carbonyl (C=O) groups excluding carboxylic acids is 2. The number of Topliss-reactive ketones (excluding diaryl/α,β-unsaturated/α-hetero) is 1. The van der Waals surface area contributed by atoms with Crippen LogP contribution in [0.3, 0.4) is 0 Å². The van der Waals surface area contributed by atoms with Gasteiger partial charge in [0.2, 0.25) is 0 Å². The number of aliphatic hydroxyl groups is 2. The predicted octanol–water partition coefficient (Wildman–Crippen LogP) is 3.28. The fourth-order valence-electron chi connectivity index (χ4n) is 3.80. The molecule has 0 unspecified atom stereocenters. The van der Waals surface area contributed by atoms with E-state index in [4.69, 9.17) is 0 Å². The van der Waals surface area contributed by atoms with Crippen LogP contribution in [-0.2, 0) is 22.4 Å². The summed E-state index contributed by atoms with van der Waals surface area (Å²) in [6, 6.07) is 15.2. The van der Waals surface area contributed by atoms with Gasteiger partial charge in [0.15, 0.2) is 18.0 Å². The first kappa shape index (κ1) is 22.4. The molecule has 1 aliphatic carbocycles. The normalized spacial score (nSPS) is 17.2. The molecule has 5 nitrogen and oxygen atoms in total. The van der Waals surface area contributed by atoms with Gasteiger partial charge in [-0.1, -0.05) is 58.4 Å². The van der Waals surface area contributed by atoms with Crippen LogP contribution >= 0.6 is 15.9 Å². The SMILES string of the molecule is CC(=CC1Cc2ccccc2C1)C(=O)[C@H](O)[C@@H](O)C(=O)N[C@@H](C)c1ccc(Br)cc1. The number of allylic oxidation sites excluding steroid dienone is 1. The van der Waals surface area contributed by atoms with Crippen LogP contribution < -0.4 is 5.32 Å². The number of aliphatic hydroxyl groups excluding tert-OH is 2. The monoisotopic (exact) mass is 471 g/mol. The molecular weight excluding hydrogens is 446 g/mol. The van der Waals surface area contributed by atoms with Gasteiger partial charge in [0.25, 0.3) is 5.91 Å². The summed E-state index contributed by atoms with van der Waals surface area (Å²) < 4.78 is 0.915. The van der Waals surface area contributed by atoms with Gasteiger partial charge in [-0.2, -0.15) is 0 Å². The van der Waals surface area contributed by atoms with Crippen molar-refractivity contribution in [1.29, 1.82) is 0 Å². The van der Waals surface area contributed by atoms with E-state index in [9.17, 15) is 19.8 Å². The van der Waals surface area contributed by atoms with Gasteiger partial charge in [0.1, 0.15) is 0 Å². The number of nitrogens with one attached hydrogen (secondary N) is 1. The third-order valence-corrected chi connectivity index (χ3v) is 6.05. The molecule has 0 spiro atoms. The molecule has 2 aromatic carbocycles. The lowest BCUT2D eigenvalue weighted by Crippen LogP contribution is -2.46. The smallest absolute Gasteiger partial charge is 0.252 e. The maximum Gasteiger partial charge on any atom is 0.252 e. The molecule has 158 valence electrons. The van der Waals surface area contributed by atoms with Crippen LogP contribution in [0.15, 0.2) is 64.7 Å². The molecule has 0 aromatic heterocycles. The molecule has 0 aliphatic heterocycles. The minimum atomic E-state index is -1.83. The molecule has 30 heavy (non-hydrogen) atoms. The number of ketones is 1. The molecule has 6 heteroatoms. The van der Waals surface area contributed by atoms with Crippen molar-refractivity contribution in [3.8, 4) is 0 Å². The van der Waals surface area contributed by atoms with Crippen LogP contribution in [0.1, 0.15) is 36.6 Å². The average molecular weight is 472 g/mol. The van der Waals surface area contributed by atoms with E-state index in [0.717, 1.165) is 22.9 Å². The highest BCUT2D eigenvalue weighted by atomic mass is 79.9. The first-order valence-corrected chi connectivity index (χ1v) is 10.8. The lowest BCUT2D eigenvalue weighted by molar-refractivity contribution is -0.143. The van der Waals surface area contributed by atoms with E-state index in [1.165, 1.54) is 11.1 Å².